The van der Waals surface area contributed by atoms with Crippen LogP contribution in [0.5, 0.6) is 23.0 Å². The minimum absolute atomic E-state index is 0.127. The Kier molecular flexibility index (Phi) is 7.43. The fourth-order valence-corrected chi connectivity index (χ4v) is 4.59. The number of nitrogens with zero attached hydrogens (tertiary/aromatic N) is 1. The average molecular weight is 479 g/mol. The molecule has 0 bridgehead atoms. The van der Waals surface area contributed by atoms with Gasteiger partial charge in [-0.2, -0.15) is 0 Å². The Hall–Kier alpha value is -3.45. The summed E-state index contributed by atoms with van der Waals surface area (Å²) in [7, 11) is 4.95. The lowest BCUT2D eigenvalue weighted by atomic mass is 9.92. The lowest BCUT2D eigenvalue weighted by molar-refractivity contribution is 0.185. The molecule has 0 aliphatic carbocycles. The van der Waals surface area contributed by atoms with Gasteiger partial charge in [0.1, 0.15) is 6.61 Å². The number of rotatable bonds is 7. The lowest BCUT2D eigenvalue weighted by Gasteiger charge is -2.39. The Morgan fingerprint density at radius 3 is 2.26 bits per heavy atom. The topological polar surface area (TPSA) is 52.2 Å². The normalized spacial score (nSPS) is 14.7. The van der Waals surface area contributed by atoms with Gasteiger partial charge in [0.05, 0.1) is 27.4 Å². The summed E-state index contributed by atoms with van der Waals surface area (Å²) in [5, 5.41) is 4.09. The molecule has 0 unspecified atom stereocenters. The first-order chi connectivity index (χ1) is 16.5. The van der Waals surface area contributed by atoms with Crippen LogP contribution in [0.2, 0.25) is 0 Å². The number of anilines is 1. The molecule has 34 heavy (non-hydrogen) atoms. The van der Waals surface area contributed by atoms with E-state index >= 15 is 0 Å². The maximum atomic E-state index is 6.28. The van der Waals surface area contributed by atoms with Crippen LogP contribution in [0.25, 0.3) is 0 Å². The monoisotopic (exact) mass is 478 g/mol. The summed E-state index contributed by atoms with van der Waals surface area (Å²) >= 11 is 5.89. The van der Waals surface area contributed by atoms with E-state index in [4.69, 9.17) is 31.2 Å². The molecule has 0 spiro atoms. The summed E-state index contributed by atoms with van der Waals surface area (Å²) in [4.78, 5) is 2.19. The van der Waals surface area contributed by atoms with Crippen molar-refractivity contribution in [2.45, 2.75) is 19.4 Å². The Morgan fingerprint density at radius 2 is 1.56 bits per heavy atom. The van der Waals surface area contributed by atoms with E-state index in [1.165, 1.54) is 5.56 Å². The van der Waals surface area contributed by atoms with Crippen molar-refractivity contribution in [3.05, 3.63) is 77.4 Å². The first-order valence-corrected chi connectivity index (χ1v) is 11.6. The van der Waals surface area contributed by atoms with Crippen LogP contribution >= 0.6 is 12.2 Å². The van der Waals surface area contributed by atoms with Crippen LogP contribution in [0.4, 0.5) is 5.69 Å². The molecular formula is C27H30N2O4S. The maximum absolute atomic E-state index is 6.28. The maximum Gasteiger partial charge on any atom is 0.174 e. The van der Waals surface area contributed by atoms with Crippen LogP contribution < -0.4 is 24.3 Å². The van der Waals surface area contributed by atoms with Gasteiger partial charge in [0.25, 0.3) is 0 Å². The zero-order valence-electron chi connectivity index (χ0n) is 20.0. The molecule has 1 atom stereocenters. The lowest BCUT2D eigenvalue weighted by Crippen LogP contribution is -2.44. The van der Waals surface area contributed by atoms with Crippen molar-refractivity contribution < 1.29 is 18.9 Å². The molecule has 1 N–H and O–H groups in total. The van der Waals surface area contributed by atoms with Gasteiger partial charge < -0.3 is 29.2 Å². The fraction of sp³-hybridized carbons (Fsp3) is 0.296. The highest BCUT2D eigenvalue weighted by molar-refractivity contribution is 7.80. The third-order valence-electron chi connectivity index (χ3n) is 6.12. The van der Waals surface area contributed by atoms with Crippen molar-refractivity contribution in [3.63, 3.8) is 0 Å². The molecule has 0 saturated carbocycles. The van der Waals surface area contributed by atoms with Crippen molar-refractivity contribution in [1.29, 1.82) is 0 Å². The van der Waals surface area contributed by atoms with Crippen molar-refractivity contribution in [2.24, 2.45) is 0 Å². The number of benzene rings is 3. The number of aryl methyl sites for hydroxylation is 1. The Bertz CT molecular complexity index is 1170. The Balaban J connectivity index is 1.67. The van der Waals surface area contributed by atoms with E-state index in [1.54, 1.807) is 21.3 Å². The second-order valence-corrected chi connectivity index (χ2v) is 8.46. The Labute approximate surface area is 206 Å². The molecule has 6 nitrogen and oxygen atoms in total. The van der Waals surface area contributed by atoms with Crippen LogP contribution in [-0.2, 0) is 6.42 Å². The Morgan fingerprint density at radius 1 is 0.912 bits per heavy atom. The number of ether oxygens (including phenoxy) is 4. The molecule has 1 heterocycles. The summed E-state index contributed by atoms with van der Waals surface area (Å²) in [6.45, 7) is 3.20. The van der Waals surface area contributed by atoms with Crippen LogP contribution in [0.1, 0.15) is 22.7 Å². The van der Waals surface area contributed by atoms with E-state index in [0.29, 0.717) is 29.0 Å². The van der Waals surface area contributed by atoms with E-state index < -0.39 is 0 Å². The molecule has 7 heteroatoms. The van der Waals surface area contributed by atoms with E-state index in [9.17, 15) is 0 Å². The molecule has 0 fully saturated rings. The van der Waals surface area contributed by atoms with Gasteiger partial charge in [-0.3, -0.25) is 0 Å². The first kappa shape index (κ1) is 23.7. The first-order valence-electron chi connectivity index (χ1n) is 11.2. The molecule has 0 aromatic heterocycles. The smallest absolute Gasteiger partial charge is 0.174 e. The summed E-state index contributed by atoms with van der Waals surface area (Å²) in [6, 6.07) is 19.7. The number of nitrogens with one attached hydrogen (secondary N) is 1. The number of fused-ring (bicyclic) bond motifs is 1. The molecule has 1 aliphatic rings. The number of hydrogen-bond donors (Lipinski definition) is 1. The average Bonchev–Trinajstić information content (AvgIpc) is 2.87. The predicted octanol–water partition coefficient (Wildman–Crippen LogP) is 5.40. The number of para-hydroxylation sites is 3. The van der Waals surface area contributed by atoms with Gasteiger partial charge in [-0.05, 0) is 72.6 Å². The fourth-order valence-electron chi connectivity index (χ4n) is 4.26. The van der Waals surface area contributed by atoms with Gasteiger partial charge in [-0.25, -0.2) is 0 Å². The van der Waals surface area contributed by atoms with Gasteiger partial charge in [0.15, 0.2) is 28.1 Å². The van der Waals surface area contributed by atoms with E-state index in [1.807, 2.05) is 48.5 Å². The zero-order chi connectivity index (χ0) is 24.1. The van der Waals surface area contributed by atoms with Gasteiger partial charge in [0.2, 0.25) is 0 Å². The standard InChI is InChI=1S/C27H30N2O4S/c1-18-9-5-6-10-21(18)28-27(34)29-14-13-19-15-25(31-3)26(32-4)16-20(19)22(29)17-33-24-12-8-7-11-23(24)30-2/h5-12,15-16,22H,13-14,17H2,1-4H3,(H,28,34)/t22-/m1/s1. The summed E-state index contributed by atoms with van der Waals surface area (Å²) in [5.74, 6) is 2.79. The van der Waals surface area contributed by atoms with E-state index in [2.05, 4.69) is 29.3 Å². The van der Waals surface area contributed by atoms with Gasteiger partial charge in [-0.15, -0.1) is 0 Å². The molecule has 178 valence electrons. The SMILES string of the molecule is COc1cc2c(cc1OC)[C@@H](COc1ccccc1OC)N(C(=S)Nc1ccccc1C)CC2. The molecule has 0 radical (unpaired) electrons. The van der Waals surface area contributed by atoms with Gasteiger partial charge in [-0.1, -0.05) is 30.3 Å². The van der Waals surface area contributed by atoms with Crippen LogP contribution in [-0.4, -0.2) is 44.5 Å². The number of methoxy groups -OCH3 is 3. The summed E-state index contributed by atoms with van der Waals surface area (Å²) in [5.41, 5.74) is 4.43. The highest BCUT2D eigenvalue weighted by Crippen LogP contribution is 2.39. The number of hydrogen-bond acceptors (Lipinski definition) is 5. The van der Waals surface area contributed by atoms with Crippen molar-refractivity contribution in [3.8, 4) is 23.0 Å². The largest absolute Gasteiger partial charge is 0.493 e. The van der Waals surface area contributed by atoms with Crippen LogP contribution in [0.15, 0.2) is 60.7 Å². The summed E-state index contributed by atoms with van der Waals surface area (Å²) < 4.78 is 22.9. The molecule has 3 aromatic rings. The van der Waals surface area contributed by atoms with Crippen molar-refractivity contribution in [2.75, 3.05) is 39.8 Å². The molecule has 4 rings (SSSR count). The van der Waals surface area contributed by atoms with Crippen molar-refractivity contribution in [1.82, 2.24) is 4.90 Å². The van der Waals surface area contributed by atoms with Crippen LogP contribution in [0.3, 0.4) is 0 Å². The highest BCUT2D eigenvalue weighted by atomic mass is 32.1. The predicted molar refractivity (Wildman–Crippen MR) is 139 cm³/mol. The van der Waals surface area contributed by atoms with Crippen LogP contribution in [0, 0.1) is 6.92 Å². The zero-order valence-corrected chi connectivity index (χ0v) is 20.8. The molecule has 3 aromatic carbocycles. The van der Waals surface area contributed by atoms with Crippen molar-refractivity contribution >= 4 is 23.0 Å². The molecule has 0 saturated heterocycles. The minimum Gasteiger partial charge on any atom is -0.493 e. The van der Waals surface area contributed by atoms with Gasteiger partial charge >= 0.3 is 0 Å². The second-order valence-electron chi connectivity index (χ2n) is 8.07. The quantitative estimate of drug-likeness (QED) is 0.457. The second kappa shape index (κ2) is 10.7. The summed E-state index contributed by atoms with van der Waals surface area (Å²) in [6.07, 6.45) is 0.830. The van der Waals surface area contributed by atoms with Gasteiger partial charge in [0, 0.05) is 12.2 Å². The van der Waals surface area contributed by atoms with E-state index in [-0.39, 0.29) is 6.04 Å². The third-order valence-corrected chi connectivity index (χ3v) is 6.45. The molecular weight excluding hydrogens is 448 g/mol. The molecule has 0 amide bonds. The molecule has 1 aliphatic heterocycles. The third kappa shape index (κ3) is 4.89. The number of thiocarbonyl (C=S) groups is 1. The minimum atomic E-state index is -0.127. The van der Waals surface area contributed by atoms with E-state index in [0.717, 1.165) is 35.5 Å². The highest BCUT2D eigenvalue weighted by Gasteiger charge is 2.32.